The highest BCUT2D eigenvalue weighted by Crippen LogP contribution is 2.37. The topological polar surface area (TPSA) is 20.2 Å². The average molecular weight is 264 g/mol. The number of rotatable bonds is 2. The van der Waals surface area contributed by atoms with E-state index in [0.717, 1.165) is 16.7 Å². The van der Waals surface area contributed by atoms with Crippen LogP contribution in [0.25, 0.3) is 22.3 Å². The Labute approximate surface area is 117 Å². The number of benzene rings is 3. The van der Waals surface area contributed by atoms with Crippen LogP contribution in [0.3, 0.4) is 0 Å². The van der Waals surface area contributed by atoms with E-state index in [4.69, 9.17) is 0 Å². The number of aromatic hydroxyl groups is 1. The van der Waals surface area contributed by atoms with E-state index in [2.05, 4.69) is 0 Å². The maximum Gasteiger partial charge on any atom is 0.173 e. The van der Waals surface area contributed by atoms with Crippen LogP contribution < -0.4 is 0 Å². The molecule has 98 valence electrons. The van der Waals surface area contributed by atoms with E-state index < -0.39 is 5.82 Å². The van der Waals surface area contributed by atoms with E-state index in [1.165, 1.54) is 6.07 Å². The van der Waals surface area contributed by atoms with E-state index in [-0.39, 0.29) is 5.75 Å². The fourth-order valence-electron chi connectivity index (χ4n) is 2.31. The number of hydrogen-bond donors (Lipinski definition) is 1. The van der Waals surface area contributed by atoms with Gasteiger partial charge in [-0.2, -0.15) is 0 Å². The van der Waals surface area contributed by atoms with Gasteiger partial charge in [0, 0.05) is 5.56 Å². The van der Waals surface area contributed by atoms with Gasteiger partial charge in [0.1, 0.15) is 0 Å². The predicted octanol–water partition coefficient (Wildman–Crippen LogP) is 4.87. The summed E-state index contributed by atoms with van der Waals surface area (Å²) in [6, 6.07) is 22.0. The van der Waals surface area contributed by atoms with Gasteiger partial charge < -0.3 is 5.11 Å². The van der Waals surface area contributed by atoms with Gasteiger partial charge in [0.25, 0.3) is 0 Å². The van der Waals surface area contributed by atoms with E-state index in [1.807, 2.05) is 60.7 Å². The van der Waals surface area contributed by atoms with Crippen molar-refractivity contribution in [3.05, 3.63) is 78.6 Å². The van der Waals surface area contributed by atoms with E-state index in [9.17, 15) is 9.50 Å². The summed E-state index contributed by atoms with van der Waals surface area (Å²) >= 11 is 0. The molecule has 0 spiro atoms. The van der Waals surface area contributed by atoms with Crippen LogP contribution >= 0.6 is 0 Å². The van der Waals surface area contributed by atoms with Crippen molar-refractivity contribution >= 4 is 0 Å². The predicted molar refractivity (Wildman–Crippen MR) is 78.9 cm³/mol. The Balaban J connectivity index is 2.29. The van der Waals surface area contributed by atoms with E-state index in [1.54, 1.807) is 6.07 Å². The van der Waals surface area contributed by atoms with Crippen LogP contribution in [0, 0.1) is 5.82 Å². The normalized spacial score (nSPS) is 10.4. The number of halogens is 1. The van der Waals surface area contributed by atoms with Crippen molar-refractivity contribution in [3.8, 4) is 28.0 Å². The minimum Gasteiger partial charge on any atom is -0.505 e. The van der Waals surface area contributed by atoms with Crippen LogP contribution in [-0.2, 0) is 0 Å². The van der Waals surface area contributed by atoms with Crippen LogP contribution in [-0.4, -0.2) is 5.11 Å². The maximum absolute atomic E-state index is 14.4. The zero-order chi connectivity index (χ0) is 13.9. The second-order valence-corrected chi connectivity index (χ2v) is 4.55. The van der Waals surface area contributed by atoms with Gasteiger partial charge in [-0.3, -0.25) is 0 Å². The van der Waals surface area contributed by atoms with Crippen LogP contribution in [0.5, 0.6) is 5.75 Å². The first-order valence-corrected chi connectivity index (χ1v) is 6.39. The lowest BCUT2D eigenvalue weighted by molar-refractivity contribution is 0.434. The lowest BCUT2D eigenvalue weighted by atomic mass is 9.94. The van der Waals surface area contributed by atoms with Crippen molar-refractivity contribution in [2.45, 2.75) is 0 Å². The Morgan fingerprint density at radius 3 is 1.80 bits per heavy atom. The standard InChI is InChI=1S/C18H13FO/c19-18-16(20)12-11-15(13-7-3-1-4-8-13)17(18)14-9-5-2-6-10-14/h1-12,20H. The molecule has 3 aromatic rings. The quantitative estimate of drug-likeness (QED) is 0.700. The summed E-state index contributed by atoms with van der Waals surface area (Å²) in [4.78, 5) is 0. The molecule has 20 heavy (non-hydrogen) atoms. The number of phenols is 1. The monoisotopic (exact) mass is 264 g/mol. The van der Waals surface area contributed by atoms with Gasteiger partial charge in [-0.25, -0.2) is 4.39 Å². The summed E-state index contributed by atoms with van der Waals surface area (Å²) < 4.78 is 14.4. The molecule has 0 saturated heterocycles. The Hall–Kier alpha value is -2.61. The fourth-order valence-corrected chi connectivity index (χ4v) is 2.31. The van der Waals surface area contributed by atoms with Crippen molar-refractivity contribution in [1.82, 2.24) is 0 Å². The number of phenolic OH excluding ortho intramolecular Hbond substituents is 1. The van der Waals surface area contributed by atoms with Gasteiger partial charge in [0.2, 0.25) is 0 Å². The molecular formula is C18H13FO. The molecule has 0 aliphatic carbocycles. The summed E-state index contributed by atoms with van der Waals surface area (Å²) in [5.41, 5.74) is 2.87. The molecule has 0 aromatic heterocycles. The van der Waals surface area contributed by atoms with Gasteiger partial charge in [0.15, 0.2) is 11.6 Å². The van der Waals surface area contributed by atoms with Crippen LogP contribution in [0.1, 0.15) is 0 Å². The molecule has 0 fully saturated rings. The molecular weight excluding hydrogens is 251 g/mol. The number of hydrogen-bond acceptors (Lipinski definition) is 1. The zero-order valence-electron chi connectivity index (χ0n) is 10.8. The summed E-state index contributed by atoms with van der Waals surface area (Å²) in [6.45, 7) is 0. The van der Waals surface area contributed by atoms with E-state index in [0.29, 0.717) is 5.56 Å². The third-order valence-electron chi connectivity index (χ3n) is 3.27. The average Bonchev–Trinajstić information content (AvgIpc) is 2.51. The van der Waals surface area contributed by atoms with Crippen LogP contribution in [0.2, 0.25) is 0 Å². The Bertz CT molecular complexity index is 721. The highest BCUT2D eigenvalue weighted by Gasteiger charge is 2.15. The van der Waals surface area contributed by atoms with Crippen molar-refractivity contribution in [2.24, 2.45) is 0 Å². The first-order valence-electron chi connectivity index (χ1n) is 6.39. The van der Waals surface area contributed by atoms with E-state index >= 15 is 0 Å². The fraction of sp³-hybridized carbons (Fsp3) is 0. The Morgan fingerprint density at radius 1 is 0.650 bits per heavy atom. The molecule has 3 aromatic carbocycles. The largest absolute Gasteiger partial charge is 0.505 e. The molecule has 0 unspecified atom stereocenters. The van der Waals surface area contributed by atoms with Crippen LogP contribution in [0.4, 0.5) is 4.39 Å². The second-order valence-electron chi connectivity index (χ2n) is 4.55. The Kier molecular flexibility index (Phi) is 3.21. The van der Waals surface area contributed by atoms with Gasteiger partial charge in [0.05, 0.1) is 0 Å². The lowest BCUT2D eigenvalue weighted by Gasteiger charge is -2.12. The molecule has 0 heterocycles. The van der Waals surface area contributed by atoms with Gasteiger partial charge >= 0.3 is 0 Å². The first-order chi connectivity index (χ1) is 9.77. The SMILES string of the molecule is Oc1ccc(-c2ccccc2)c(-c2ccccc2)c1F. The third kappa shape index (κ3) is 2.16. The minimum atomic E-state index is -0.586. The zero-order valence-corrected chi connectivity index (χ0v) is 10.8. The Morgan fingerprint density at radius 2 is 1.20 bits per heavy atom. The van der Waals surface area contributed by atoms with Crippen molar-refractivity contribution in [2.75, 3.05) is 0 Å². The highest BCUT2D eigenvalue weighted by atomic mass is 19.1. The first kappa shape index (κ1) is 12.4. The van der Waals surface area contributed by atoms with Gasteiger partial charge in [-0.15, -0.1) is 0 Å². The molecule has 3 rings (SSSR count). The van der Waals surface area contributed by atoms with Crippen molar-refractivity contribution in [3.63, 3.8) is 0 Å². The molecule has 0 bridgehead atoms. The molecule has 1 N–H and O–H groups in total. The van der Waals surface area contributed by atoms with Crippen LogP contribution in [0.15, 0.2) is 72.8 Å². The molecule has 0 radical (unpaired) electrons. The smallest absolute Gasteiger partial charge is 0.173 e. The summed E-state index contributed by atoms with van der Waals surface area (Å²) in [6.07, 6.45) is 0. The minimum absolute atomic E-state index is 0.330. The molecule has 0 amide bonds. The van der Waals surface area contributed by atoms with Gasteiger partial charge in [-0.05, 0) is 28.8 Å². The molecule has 0 aliphatic rings. The molecule has 1 nitrogen and oxygen atoms in total. The second kappa shape index (κ2) is 5.17. The summed E-state index contributed by atoms with van der Waals surface area (Å²) in [5.74, 6) is -0.916. The summed E-state index contributed by atoms with van der Waals surface area (Å²) in [7, 11) is 0. The summed E-state index contributed by atoms with van der Waals surface area (Å²) in [5, 5.41) is 9.66. The third-order valence-corrected chi connectivity index (χ3v) is 3.27. The maximum atomic E-state index is 14.4. The molecule has 0 saturated carbocycles. The van der Waals surface area contributed by atoms with Gasteiger partial charge in [-0.1, -0.05) is 60.7 Å². The van der Waals surface area contributed by atoms with Crippen molar-refractivity contribution in [1.29, 1.82) is 0 Å². The lowest BCUT2D eigenvalue weighted by Crippen LogP contribution is -1.90. The highest BCUT2D eigenvalue weighted by molar-refractivity contribution is 5.84. The van der Waals surface area contributed by atoms with Crippen molar-refractivity contribution < 1.29 is 9.50 Å². The molecule has 2 heteroatoms. The molecule has 0 atom stereocenters. The molecule has 0 aliphatic heterocycles.